The minimum Gasteiger partial charge on any atom is -0.352 e. The minimum absolute atomic E-state index is 0.0130. The molecule has 0 unspecified atom stereocenters. The Labute approximate surface area is 102 Å². The van der Waals surface area contributed by atoms with E-state index in [2.05, 4.69) is 16.7 Å². The lowest BCUT2D eigenvalue weighted by Crippen LogP contribution is -2.30. The quantitative estimate of drug-likeness (QED) is 0.660. The Hall–Kier alpha value is -1.39. The summed E-state index contributed by atoms with van der Waals surface area (Å²) in [5.74, 6) is 0.0130. The molecule has 0 aromatic heterocycles. The fourth-order valence-electron chi connectivity index (χ4n) is 2.13. The van der Waals surface area contributed by atoms with Crippen LogP contribution < -0.4 is 16.4 Å². The van der Waals surface area contributed by atoms with Gasteiger partial charge in [0.25, 0.3) is 5.91 Å². The molecule has 17 heavy (non-hydrogen) atoms. The van der Waals surface area contributed by atoms with Crippen molar-refractivity contribution in [3.8, 4) is 0 Å². The molecule has 4 N–H and O–H groups in total. The van der Waals surface area contributed by atoms with Gasteiger partial charge in [0.1, 0.15) is 0 Å². The van der Waals surface area contributed by atoms with E-state index in [1.807, 2.05) is 12.1 Å². The van der Waals surface area contributed by atoms with E-state index < -0.39 is 0 Å². The van der Waals surface area contributed by atoms with Crippen LogP contribution in [0.25, 0.3) is 0 Å². The highest BCUT2D eigenvalue weighted by Crippen LogP contribution is 2.18. The second kappa shape index (κ2) is 5.80. The molecule has 0 saturated heterocycles. The number of amides is 1. The molecule has 92 valence electrons. The first-order valence-electron chi connectivity index (χ1n) is 6.12. The van der Waals surface area contributed by atoms with Gasteiger partial charge in [-0.3, -0.25) is 4.79 Å². The van der Waals surface area contributed by atoms with Crippen molar-refractivity contribution in [3.63, 3.8) is 0 Å². The van der Waals surface area contributed by atoms with E-state index in [4.69, 9.17) is 5.73 Å². The third-order valence-electron chi connectivity index (χ3n) is 3.06. The smallest absolute Gasteiger partial charge is 0.251 e. The van der Waals surface area contributed by atoms with Crippen LogP contribution in [0.5, 0.6) is 0 Å². The average Bonchev–Trinajstić information content (AvgIpc) is 2.38. The lowest BCUT2D eigenvalue weighted by molar-refractivity contribution is 0.0952. The Morgan fingerprint density at radius 1 is 1.47 bits per heavy atom. The molecule has 0 saturated carbocycles. The number of nitrogens with two attached hydrogens (primary N) is 1. The molecule has 4 heteroatoms. The van der Waals surface area contributed by atoms with Gasteiger partial charge >= 0.3 is 0 Å². The van der Waals surface area contributed by atoms with Crippen LogP contribution in [-0.2, 0) is 13.0 Å². The number of benzene rings is 1. The molecule has 1 amide bonds. The molecule has 0 atom stereocenters. The summed E-state index contributed by atoms with van der Waals surface area (Å²) in [4.78, 5) is 12.0. The van der Waals surface area contributed by atoms with Gasteiger partial charge in [-0.1, -0.05) is 12.1 Å². The van der Waals surface area contributed by atoms with Crippen molar-refractivity contribution in [3.05, 3.63) is 34.9 Å². The molecule has 2 rings (SSSR count). The van der Waals surface area contributed by atoms with Crippen molar-refractivity contribution in [1.82, 2.24) is 10.6 Å². The number of nitrogens with one attached hydrogen (secondary N) is 2. The minimum atomic E-state index is 0.0130. The Balaban J connectivity index is 2.12. The molecular formula is C13H19N3O. The highest BCUT2D eigenvalue weighted by Gasteiger charge is 2.16. The average molecular weight is 233 g/mol. The Kier molecular flexibility index (Phi) is 4.12. The Morgan fingerprint density at radius 3 is 3.18 bits per heavy atom. The maximum Gasteiger partial charge on any atom is 0.251 e. The van der Waals surface area contributed by atoms with Crippen LogP contribution in [0.3, 0.4) is 0 Å². The first-order chi connectivity index (χ1) is 8.33. The number of carbonyl (C=O) groups excluding carboxylic acids is 1. The molecule has 0 radical (unpaired) electrons. The third kappa shape index (κ3) is 2.84. The van der Waals surface area contributed by atoms with Crippen molar-refractivity contribution in [2.24, 2.45) is 5.73 Å². The number of rotatable bonds is 4. The van der Waals surface area contributed by atoms with E-state index in [0.29, 0.717) is 13.1 Å². The molecule has 0 bridgehead atoms. The molecule has 0 aliphatic carbocycles. The van der Waals surface area contributed by atoms with E-state index in [1.54, 1.807) is 0 Å². The predicted octanol–water partition coefficient (Wildman–Crippen LogP) is 0.411. The summed E-state index contributed by atoms with van der Waals surface area (Å²) in [6.07, 6.45) is 1.82. The van der Waals surface area contributed by atoms with E-state index >= 15 is 0 Å². The van der Waals surface area contributed by atoms with Crippen LogP contribution in [0.4, 0.5) is 0 Å². The summed E-state index contributed by atoms with van der Waals surface area (Å²) in [6, 6.07) is 5.96. The lowest BCUT2D eigenvalue weighted by Gasteiger charge is -2.19. The molecular weight excluding hydrogens is 214 g/mol. The lowest BCUT2D eigenvalue weighted by atomic mass is 9.95. The first-order valence-corrected chi connectivity index (χ1v) is 6.12. The molecule has 1 aliphatic rings. The van der Waals surface area contributed by atoms with E-state index in [-0.39, 0.29) is 5.91 Å². The molecule has 4 nitrogen and oxygen atoms in total. The second-order valence-electron chi connectivity index (χ2n) is 4.27. The normalized spacial score (nSPS) is 14.2. The largest absolute Gasteiger partial charge is 0.352 e. The van der Waals surface area contributed by atoms with Gasteiger partial charge in [-0.05, 0) is 43.1 Å². The highest BCUT2D eigenvalue weighted by molar-refractivity contribution is 5.96. The van der Waals surface area contributed by atoms with Gasteiger partial charge in [0.2, 0.25) is 0 Å². The number of hydrogen-bond acceptors (Lipinski definition) is 3. The Morgan fingerprint density at radius 2 is 2.35 bits per heavy atom. The van der Waals surface area contributed by atoms with E-state index in [9.17, 15) is 4.79 Å². The maximum atomic E-state index is 12.0. The molecule has 0 fully saturated rings. The number of fused-ring (bicyclic) bond motifs is 1. The summed E-state index contributed by atoms with van der Waals surface area (Å²) < 4.78 is 0. The van der Waals surface area contributed by atoms with Crippen LogP contribution in [0.2, 0.25) is 0 Å². The zero-order chi connectivity index (χ0) is 12.1. The molecule has 1 heterocycles. The predicted molar refractivity (Wildman–Crippen MR) is 67.9 cm³/mol. The zero-order valence-electron chi connectivity index (χ0n) is 9.96. The van der Waals surface area contributed by atoms with Gasteiger partial charge in [-0.2, -0.15) is 0 Å². The zero-order valence-corrected chi connectivity index (χ0v) is 9.96. The summed E-state index contributed by atoms with van der Waals surface area (Å²) in [6.45, 7) is 3.03. The number of carbonyl (C=O) groups is 1. The van der Waals surface area contributed by atoms with Gasteiger partial charge < -0.3 is 16.4 Å². The van der Waals surface area contributed by atoms with Crippen LogP contribution in [0.1, 0.15) is 27.9 Å². The topological polar surface area (TPSA) is 67.1 Å². The summed E-state index contributed by atoms with van der Waals surface area (Å²) in [5.41, 5.74) is 8.63. The second-order valence-corrected chi connectivity index (χ2v) is 4.27. The summed E-state index contributed by atoms with van der Waals surface area (Å²) in [5, 5.41) is 6.21. The van der Waals surface area contributed by atoms with E-state index in [1.165, 1.54) is 5.56 Å². The van der Waals surface area contributed by atoms with Gasteiger partial charge in [0.15, 0.2) is 0 Å². The molecule has 1 aromatic rings. The molecule has 0 spiro atoms. The fraction of sp³-hybridized carbons (Fsp3) is 0.462. The van der Waals surface area contributed by atoms with Crippen molar-refractivity contribution in [1.29, 1.82) is 0 Å². The van der Waals surface area contributed by atoms with Crippen molar-refractivity contribution < 1.29 is 4.79 Å². The van der Waals surface area contributed by atoms with Crippen LogP contribution in [0, 0.1) is 0 Å². The van der Waals surface area contributed by atoms with Gasteiger partial charge in [0, 0.05) is 18.7 Å². The highest BCUT2D eigenvalue weighted by atomic mass is 16.1. The van der Waals surface area contributed by atoms with Gasteiger partial charge in [-0.15, -0.1) is 0 Å². The summed E-state index contributed by atoms with van der Waals surface area (Å²) >= 11 is 0. The van der Waals surface area contributed by atoms with Gasteiger partial charge in [-0.25, -0.2) is 0 Å². The first kappa shape index (κ1) is 12.1. The fourth-order valence-corrected chi connectivity index (χ4v) is 2.13. The molecule has 1 aromatic carbocycles. The van der Waals surface area contributed by atoms with Crippen molar-refractivity contribution >= 4 is 5.91 Å². The molecule has 1 aliphatic heterocycles. The summed E-state index contributed by atoms with van der Waals surface area (Å²) in [7, 11) is 0. The SMILES string of the molecule is NCCCNC(=O)c1cccc2c1CNCC2. The van der Waals surface area contributed by atoms with E-state index in [0.717, 1.165) is 37.1 Å². The van der Waals surface area contributed by atoms with Crippen LogP contribution in [-0.4, -0.2) is 25.5 Å². The maximum absolute atomic E-state index is 12.0. The number of hydrogen-bond donors (Lipinski definition) is 3. The van der Waals surface area contributed by atoms with Crippen molar-refractivity contribution in [2.75, 3.05) is 19.6 Å². The van der Waals surface area contributed by atoms with Crippen LogP contribution in [0.15, 0.2) is 18.2 Å². The third-order valence-corrected chi connectivity index (χ3v) is 3.06. The monoisotopic (exact) mass is 233 g/mol. The van der Waals surface area contributed by atoms with Gasteiger partial charge in [0.05, 0.1) is 0 Å². The van der Waals surface area contributed by atoms with Crippen molar-refractivity contribution in [2.45, 2.75) is 19.4 Å². The Bertz CT molecular complexity index is 404. The van der Waals surface area contributed by atoms with Crippen LogP contribution >= 0.6 is 0 Å². The standard InChI is InChI=1S/C13H19N3O/c14-6-2-7-16-13(17)11-4-1-3-10-5-8-15-9-12(10)11/h1,3-4,15H,2,5-9,14H2,(H,16,17).